The van der Waals surface area contributed by atoms with Gasteiger partial charge in [-0.2, -0.15) is 0 Å². The van der Waals surface area contributed by atoms with Gasteiger partial charge in [0.25, 0.3) is 0 Å². The molecule has 0 unspecified atom stereocenters. The Kier molecular flexibility index (Phi) is 2.41. The number of nitrogens with one attached hydrogen (secondary N) is 2. The summed E-state index contributed by atoms with van der Waals surface area (Å²) in [4.78, 5) is 21.7. The van der Waals surface area contributed by atoms with Gasteiger partial charge >= 0.3 is 0 Å². The Labute approximate surface area is 111 Å². The minimum absolute atomic E-state index is 0.0127. The molecule has 1 aromatic carbocycles. The van der Waals surface area contributed by atoms with Gasteiger partial charge in [-0.3, -0.25) is 4.79 Å². The largest absolute Gasteiger partial charge is 0.399 e. The predicted octanol–water partition coefficient (Wildman–Crippen LogP) is 0.860. The quantitative estimate of drug-likeness (QED) is 0.663. The summed E-state index contributed by atoms with van der Waals surface area (Å²) in [7, 11) is 0. The van der Waals surface area contributed by atoms with Gasteiger partial charge in [0.2, 0.25) is 11.9 Å². The van der Waals surface area contributed by atoms with Crippen LogP contribution >= 0.6 is 0 Å². The number of benzene rings is 1. The van der Waals surface area contributed by atoms with Crippen LogP contribution in [-0.4, -0.2) is 34.5 Å². The summed E-state index contributed by atoms with van der Waals surface area (Å²) in [5.41, 5.74) is 7.58. The fourth-order valence-electron chi connectivity index (χ4n) is 2.41. The number of anilines is 2. The number of carbonyl (C=O) groups excluding carboxylic acids is 1. The van der Waals surface area contributed by atoms with Crippen molar-refractivity contribution < 1.29 is 4.79 Å². The molecule has 4 N–H and O–H groups in total. The molecule has 1 fully saturated rings. The van der Waals surface area contributed by atoms with Crippen LogP contribution in [0.4, 0.5) is 11.6 Å². The van der Waals surface area contributed by atoms with Gasteiger partial charge in [0.1, 0.15) is 5.54 Å². The van der Waals surface area contributed by atoms with Crippen molar-refractivity contribution in [2.24, 2.45) is 0 Å². The van der Waals surface area contributed by atoms with E-state index < -0.39 is 5.54 Å². The summed E-state index contributed by atoms with van der Waals surface area (Å²) in [5.74, 6) is 0.721. The molecule has 1 amide bonds. The van der Waals surface area contributed by atoms with Crippen molar-refractivity contribution in [1.82, 2.24) is 15.3 Å². The number of rotatable bonds is 1. The number of aromatic nitrogens is 2. The Bertz CT molecular complexity index is 646. The Morgan fingerprint density at radius 2 is 2.21 bits per heavy atom. The van der Waals surface area contributed by atoms with E-state index in [4.69, 9.17) is 5.73 Å². The van der Waals surface area contributed by atoms with E-state index in [1.165, 1.54) is 0 Å². The van der Waals surface area contributed by atoms with Gasteiger partial charge in [-0.15, -0.1) is 0 Å². The topological polar surface area (TPSA) is 87.0 Å². The number of amides is 1. The molecule has 1 saturated heterocycles. The summed E-state index contributed by atoms with van der Waals surface area (Å²) >= 11 is 0. The van der Waals surface area contributed by atoms with Crippen LogP contribution in [-0.2, 0) is 4.79 Å². The molecule has 0 spiro atoms. The second-order valence-corrected chi connectivity index (χ2v) is 5.30. The smallest absolute Gasteiger partial charge is 0.245 e. The monoisotopic (exact) mass is 259 g/mol. The first-order chi connectivity index (χ1) is 8.98. The summed E-state index contributed by atoms with van der Waals surface area (Å²) < 4.78 is 0. The standard InChI is InChI=1S/C13H17N5O/c1-13(2)11(19)15-5-6-18(13)12-16-9-4-3-8(14)7-10(9)17-12/h3-4,7H,5-6,14H2,1-2H3,(H,15,19)(H,16,17). The molecule has 0 aliphatic carbocycles. The highest BCUT2D eigenvalue weighted by atomic mass is 16.2. The summed E-state index contributed by atoms with van der Waals surface area (Å²) in [5, 5.41) is 2.87. The molecule has 1 aromatic heterocycles. The number of nitrogens with two attached hydrogens (primary N) is 1. The Hall–Kier alpha value is -2.24. The number of nitrogens with zero attached hydrogens (tertiary/aromatic N) is 2. The number of fused-ring (bicyclic) bond motifs is 1. The fraction of sp³-hybridized carbons (Fsp3) is 0.385. The molecule has 2 aromatic rings. The maximum Gasteiger partial charge on any atom is 0.245 e. The number of hydrogen-bond donors (Lipinski definition) is 3. The molecule has 1 aliphatic rings. The van der Waals surface area contributed by atoms with Crippen molar-refractivity contribution in [3.8, 4) is 0 Å². The van der Waals surface area contributed by atoms with Gasteiger partial charge < -0.3 is 20.9 Å². The van der Waals surface area contributed by atoms with Gasteiger partial charge in [-0.1, -0.05) is 0 Å². The summed E-state index contributed by atoms with van der Waals surface area (Å²) in [6.07, 6.45) is 0. The maximum absolute atomic E-state index is 12.0. The first-order valence-corrected chi connectivity index (χ1v) is 6.30. The van der Waals surface area contributed by atoms with E-state index in [0.29, 0.717) is 18.2 Å². The first kappa shape index (κ1) is 11.8. The fourth-order valence-corrected chi connectivity index (χ4v) is 2.41. The molecular formula is C13H17N5O. The van der Waals surface area contributed by atoms with E-state index in [-0.39, 0.29) is 5.91 Å². The van der Waals surface area contributed by atoms with Crippen molar-refractivity contribution in [1.29, 1.82) is 0 Å². The predicted molar refractivity (Wildman–Crippen MR) is 74.9 cm³/mol. The van der Waals surface area contributed by atoms with Crippen LogP contribution in [0.1, 0.15) is 13.8 Å². The van der Waals surface area contributed by atoms with Crippen LogP contribution in [0.15, 0.2) is 18.2 Å². The lowest BCUT2D eigenvalue weighted by molar-refractivity contribution is -0.126. The van der Waals surface area contributed by atoms with Crippen molar-refractivity contribution >= 4 is 28.6 Å². The van der Waals surface area contributed by atoms with E-state index in [9.17, 15) is 4.79 Å². The maximum atomic E-state index is 12.0. The van der Waals surface area contributed by atoms with E-state index in [1.807, 2.05) is 36.9 Å². The Balaban J connectivity index is 2.06. The average molecular weight is 259 g/mol. The zero-order chi connectivity index (χ0) is 13.6. The molecule has 0 bridgehead atoms. The third-order valence-corrected chi connectivity index (χ3v) is 3.60. The van der Waals surface area contributed by atoms with E-state index in [0.717, 1.165) is 17.6 Å². The molecule has 2 heterocycles. The highest BCUT2D eigenvalue weighted by molar-refractivity contribution is 5.90. The molecule has 3 rings (SSSR count). The van der Waals surface area contributed by atoms with Crippen LogP contribution < -0.4 is 16.0 Å². The molecule has 6 heteroatoms. The van der Waals surface area contributed by atoms with Crippen molar-refractivity contribution in [2.45, 2.75) is 19.4 Å². The number of H-pyrrole nitrogens is 1. The van der Waals surface area contributed by atoms with Crippen LogP contribution in [0.3, 0.4) is 0 Å². The normalized spacial score (nSPS) is 18.6. The average Bonchev–Trinajstić information content (AvgIpc) is 2.75. The molecule has 0 radical (unpaired) electrons. The Morgan fingerprint density at radius 3 is 3.00 bits per heavy atom. The lowest BCUT2D eigenvalue weighted by Crippen LogP contribution is -2.62. The lowest BCUT2D eigenvalue weighted by Gasteiger charge is -2.40. The highest BCUT2D eigenvalue weighted by Crippen LogP contribution is 2.26. The number of hydrogen-bond acceptors (Lipinski definition) is 4. The van der Waals surface area contributed by atoms with Crippen molar-refractivity contribution in [3.05, 3.63) is 18.2 Å². The number of imidazole rings is 1. The number of aromatic amines is 1. The van der Waals surface area contributed by atoms with Crippen molar-refractivity contribution in [2.75, 3.05) is 23.7 Å². The Morgan fingerprint density at radius 1 is 1.42 bits per heavy atom. The third kappa shape index (κ3) is 1.80. The van der Waals surface area contributed by atoms with Gasteiger partial charge in [0.05, 0.1) is 11.0 Å². The lowest BCUT2D eigenvalue weighted by atomic mass is 10.00. The molecule has 0 atom stereocenters. The first-order valence-electron chi connectivity index (χ1n) is 6.30. The van der Waals surface area contributed by atoms with Crippen LogP contribution in [0, 0.1) is 0 Å². The highest BCUT2D eigenvalue weighted by Gasteiger charge is 2.39. The second-order valence-electron chi connectivity index (χ2n) is 5.30. The van der Waals surface area contributed by atoms with Crippen LogP contribution in [0.5, 0.6) is 0 Å². The van der Waals surface area contributed by atoms with E-state index in [1.54, 1.807) is 0 Å². The zero-order valence-electron chi connectivity index (χ0n) is 11.0. The van der Waals surface area contributed by atoms with Gasteiger partial charge in [0.15, 0.2) is 0 Å². The molecular weight excluding hydrogens is 242 g/mol. The SMILES string of the molecule is CC1(C)C(=O)NCCN1c1nc2ccc(N)cc2[nH]1. The molecule has 19 heavy (non-hydrogen) atoms. The van der Waals surface area contributed by atoms with Crippen LogP contribution in [0.25, 0.3) is 11.0 Å². The van der Waals surface area contributed by atoms with E-state index in [2.05, 4.69) is 15.3 Å². The van der Waals surface area contributed by atoms with Crippen molar-refractivity contribution in [3.63, 3.8) is 0 Å². The number of nitrogen functional groups attached to an aromatic ring is 1. The number of piperazine rings is 1. The second kappa shape index (κ2) is 3.88. The summed E-state index contributed by atoms with van der Waals surface area (Å²) in [6, 6.07) is 5.55. The molecule has 1 aliphatic heterocycles. The molecule has 6 nitrogen and oxygen atoms in total. The molecule has 100 valence electrons. The molecule has 0 saturated carbocycles. The van der Waals surface area contributed by atoms with E-state index >= 15 is 0 Å². The van der Waals surface area contributed by atoms with Gasteiger partial charge in [-0.25, -0.2) is 4.98 Å². The minimum Gasteiger partial charge on any atom is -0.399 e. The van der Waals surface area contributed by atoms with Crippen LogP contribution in [0.2, 0.25) is 0 Å². The summed E-state index contributed by atoms with van der Waals surface area (Å²) in [6.45, 7) is 5.14. The third-order valence-electron chi connectivity index (χ3n) is 3.60. The number of carbonyl (C=O) groups is 1. The minimum atomic E-state index is -0.613. The van der Waals surface area contributed by atoms with Gasteiger partial charge in [-0.05, 0) is 32.0 Å². The van der Waals surface area contributed by atoms with Gasteiger partial charge in [0, 0.05) is 18.8 Å². The zero-order valence-corrected chi connectivity index (χ0v) is 11.0.